The Hall–Kier alpha value is -1.69. The van der Waals surface area contributed by atoms with E-state index in [1.54, 1.807) is 0 Å². The Labute approximate surface area is 104 Å². The van der Waals surface area contributed by atoms with Gasteiger partial charge in [0.15, 0.2) is 5.82 Å². The highest BCUT2D eigenvalue weighted by Crippen LogP contribution is 2.19. The molecule has 0 heterocycles. The third-order valence-electron chi connectivity index (χ3n) is 2.27. The summed E-state index contributed by atoms with van der Waals surface area (Å²) in [6.07, 6.45) is 0. The molecule has 1 aromatic rings. The van der Waals surface area contributed by atoms with Crippen molar-refractivity contribution in [1.29, 1.82) is 0 Å². The topological polar surface area (TPSA) is 55.6 Å². The van der Waals surface area contributed by atoms with Crippen molar-refractivity contribution in [2.45, 2.75) is 13.8 Å². The number of nitrogens with zero attached hydrogens (tertiary/aromatic N) is 1. The molecule has 0 saturated carbocycles. The summed E-state index contributed by atoms with van der Waals surface area (Å²) in [5, 5.41) is 0.974. The van der Waals surface area contributed by atoms with Crippen LogP contribution in [0, 0.1) is 17.6 Å². The van der Waals surface area contributed by atoms with E-state index < -0.39 is 28.8 Å². The molecule has 0 radical (unpaired) electrons. The van der Waals surface area contributed by atoms with Gasteiger partial charge in [0, 0.05) is 0 Å². The Kier molecular flexibility index (Phi) is 4.61. The predicted molar refractivity (Wildman–Crippen MR) is 63.7 cm³/mol. The third kappa shape index (κ3) is 3.16. The van der Waals surface area contributed by atoms with E-state index in [0.717, 1.165) is 17.2 Å². The fourth-order valence-corrected chi connectivity index (χ4v) is 1.47. The lowest BCUT2D eigenvalue weighted by Gasteiger charge is -2.22. The molecule has 4 nitrogen and oxygen atoms in total. The van der Waals surface area contributed by atoms with Crippen molar-refractivity contribution in [2.24, 2.45) is 5.92 Å². The van der Waals surface area contributed by atoms with Crippen molar-refractivity contribution in [1.82, 2.24) is 5.06 Å². The maximum Gasteiger partial charge on any atom is 0.280 e. The third-order valence-corrected chi connectivity index (χ3v) is 2.27. The number of hydrogen-bond donors (Lipinski definition) is 1. The first kappa shape index (κ1) is 14.4. The maximum atomic E-state index is 13.7. The smallest absolute Gasteiger partial charge is 0.280 e. The first-order valence-corrected chi connectivity index (χ1v) is 5.47. The molecule has 0 spiro atoms. The number of rotatable bonds is 4. The zero-order chi connectivity index (χ0) is 13.9. The molecule has 1 amide bonds. The zero-order valence-corrected chi connectivity index (χ0v) is 10.5. The molecule has 0 aliphatic heterocycles. The molecule has 0 atom stereocenters. The van der Waals surface area contributed by atoms with Gasteiger partial charge in [0.2, 0.25) is 0 Å². The van der Waals surface area contributed by atoms with Crippen LogP contribution in [0.15, 0.2) is 12.1 Å². The summed E-state index contributed by atoms with van der Waals surface area (Å²) in [5.74, 6) is -2.33. The summed E-state index contributed by atoms with van der Waals surface area (Å²) in [5.41, 5.74) is 4.44. The highest BCUT2D eigenvalue weighted by atomic mass is 19.1. The number of nitrogens with two attached hydrogens (primary N) is 1. The SMILES string of the molecule is CON(CC(C)C)C(=O)c1cc(F)cc(N)c1F. The average Bonchev–Trinajstić information content (AvgIpc) is 2.29. The van der Waals surface area contributed by atoms with E-state index in [9.17, 15) is 13.6 Å². The van der Waals surface area contributed by atoms with Crippen molar-refractivity contribution >= 4 is 11.6 Å². The summed E-state index contributed by atoms with van der Waals surface area (Å²) in [7, 11) is 1.29. The Bertz CT molecular complexity index is 450. The minimum Gasteiger partial charge on any atom is -0.396 e. The van der Waals surface area contributed by atoms with Crippen LogP contribution in [0.2, 0.25) is 0 Å². The lowest BCUT2D eigenvalue weighted by atomic mass is 10.1. The Morgan fingerprint density at radius 3 is 2.56 bits per heavy atom. The van der Waals surface area contributed by atoms with Crippen LogP contribution >= 0.6 is 0 Å². The molecular weight excluding hydrogens is 242 g/mol. The van der Waals surface area contributed by atoms with Crippen molar-refractivity contribution < 1.29 is 18.4 Å². The fraction of sp³-hybridized carbons (Fsp3) is 0.417. The van der Waals surface area contributed by atoms with Gasteiger partial charge in [-0.15, -0.1) is 0 Å². The lowest BCUT2D eigenvalue weighted by molar-refractivity contribution is -0.101. The largest absolute Gasteiger partial charge is 0.396 e. The number of nitrogen functional groups attached to an aromatic ring is 1. The molecule has 0 saturated heterocycles. The Morgan fingerprint density at radius 2 is 2.06 bits per heavy atom. The second-order valence-electron chi connectivity index (χ2n) is 4.30. The van der Waals surface area contributed by atoms with Crippen LogP contribution in [0.5, 0.6) is 0 Å². The van der Waals surface area contributed by atoms with E-state index in [1.165, 1.54) is 7.11 Å². The standard InChI is InChI=1S/C12H16F2N2O2/c1-7(2)6-16(18-3)12(17)9-4-8(13)5-10(15)11(9)14/h4-5,7H,6,15H2,1-3H3. The van der Waals surface area contributed by atoms with Gasteiger partial charge in [-0.25, -0.2) is 13.8 Å². The average molecular weight is 258 g/mol. The summed E-state index contributed by atoms with van der Waals surface area (Å²) >= 11 is 0. The number of halogens is 2. The van der Waals surface area contributed by atoms with E-state index in [4.69, 9.17) is 10.6 Å². The van der Waals surface area contributed by atoms with E-state index in [0.29, 0.717) is 0 Å². The molecule has 0 aliphatic carbocycles. The Balaban J connectivity index is 3.09. The number of carbonyl (C=O) groups excluding carboxylic acids is 1. The van der Waals surface area contributed by atoms with Gasteiger partial charge in [0.1, 0.15) is 5.82 Å². The van der Waals surface area contributed by atoms with Crippen LogP contribution < -0.4 is 5.73 Å². The highest BCUT2D eigenvalue weighted by molar-refractivity contribution is 5.94. The van der Waals surface area contributed by atoms with E-state index in [1.807, 2.05) is 13.8 Å². The molecule has 18 heavy (non-hydrogen) atoms. The molecule has 6 heteroatoms. The van der Waals surface area contributed by atoms with E-state index >= 15 is 0 Å². The van der Waals surface area contributed by atoms with Gasteiger partial charge in [-0.3, -0.25) is 9.63 Å². The lowest BCUT2D eigenvalue weighted by Crippen LogP contribution is -2.34. The molecule has 0 aliphatic rings. The van der Waals surface area contributed by atoms with Gasteiger partial charge >= 0.3 is 0 Å². The first-order valence-electron chi connectivity index (χ1n) is 5.47. The predicted octanol–water partition coefficient (Wildman–Crippen LogP) is 2.21. The molecule has 0 bridgehead atoms. The number of amides is 1. The van der Waals surface area contributed by atoms with Crippen molar-refractivity contribution in [3.05, 3.63) is 29.3 Å². The van der Waals surface area contributed by atoms with Gasteiger partial charge in [0.25, 0.3) is 5.91 Å². The minimum absolute atomic E-state index is 0.128. The maximum absolute atomic E-state index is 13.7. The van der Waals surface area contributed by atoms with Gasteiger partial charge < -0.3 is 5.73 Å². The van der Waals surface area contributed by atoms with Gasteiger partial charge in [-0.1, -0.05) is 13.8 Å². The monoisotopic (exact) mass is 258 g/mol. The second kappa shape index (κ2) is 5.77. The molecule has 0 fully saturated rings. The molecule has 100 valence electrons. The molecule has 0 aromatic heterocycles. The van der Waals surface area contributed by atoms with Crippen LogP contribution in [0.3, 0.4) is 0 Å². The van der Waals surface area contributed by atoms with Crippen LogP contribution in [0.1, 0.15) is 24.2 Å². The second-order valence-corrected chi connectivity index (χ2v) is 4.30. The van der Waals surface area contributed by atoms with Crippen molar-refractivity contribution in [3.63, 3.8) is 0 Å². The zero-order valence-electron chi connectivity index (χ0n) is 10.5. The van der Waals surface area contributed by atoms with Crippen LogP contribution in [0.4, 0.5) is 14.5 Å². The van der Waals surface area contributed by atoms with Gasteiger partial charge in [-0.05, 0) is 18.1 Å². The minimum atomic E-state index is -0.938. The van der Waals surface area contributed by atoms with E-state index in [2.05, 4.69) is 0 Å². The van der Waals surface area contributed by atoms with Crippen LogP contribution in [0.25, 0.3) is 0 Å². The molecule has 1 rings (SSSR count). The van der Waals surface area contributed by atoms with Crippen molar-refractivity contribution in [3.8, 4) is 0 Å². The number of anilines is 1. The number of benzene rings is 1. The molecule has 0 unspecified atom stereocenters. The number of carbonyl (C=O) groups is 1. The normalized spacial score (nSPS) is 10.8. The number of hydrogen-bond acceptors (Lipinski definition) is 3. The number of hydroxylamine groups is 2. The molecule has 1 aromatic carbocycles. The highest BCUT2D eigenvalue weighted by Gasteiger charge is 2.22. The van der Waals surface area contributed by atoms with Gasteiger partial charge in [0.05, 0.1) is 24.9 Å². The van der Waals surface area contributed by atoms with E-state index in [-0.39, 0.29) is 12.5 Å². The van der Waals surface area contributed by atoms with Crippen LogP contribution in [-0.2, 0) is 4.84 Å². The van der Waals surface area contributed by atoms with Crippen LogP contribution in [-0.4, -0.2) is 24.6 Å². The first-order chi connectivity index (χ1) is 8.36. The summed E-state index contributed by atoms with van der Waals surface area (Å²) in [4.78, 5) is 16.8. The quantitative estimate of drug-likeness (QED) is 0.665. The summed E-state index contributed by atoms with van der Waals surface area (Å²) in [6, 6.07) is 1.63. The Morgan fingerprint density at radius 1 is 1.44 bits per heavy atom. The fourth-order valence-electron chi connectivity index (χ4n) is 1.47. The summed E-state index contributed by atoms with van der Waals surface area (Å²) in [6.45, 7) is 4.01. The summed E-state index contributed by atoms with van der Waals surface area (Å²) < 4.78 is 26.8. The van der Waals surface area contributed by atoms with Gasteiger partial charge in [-0.2, -0.15) is 0 Å². The molecular formula is C12H16F2N2O2. The van der Waals surface area contributed by atoms with Crippen molar-refractivity contribution in [2.75, 3.05) is 19.4 Å². The molecule has 2 N–H and O–H groups in total.